The van der Waals surface area contributed by atoms with Gasteiger partial charge < -0.3 is 15.3 Å². The molecule has 2 fully saturated rings. The van der Waals surface area contributed by atoms with Gasteiger partial charge in [-0.3, -0.25) is 9.59 Å². The first kappa shape index (κ1) is 14.3. The van der Waals surface area contributed by atoms with E-state index >= 15 is 0 Å². The van der Waals surface area contributed by atoms with E-state index in [1.165, 1.54) is 0 Å². The van der Waals surface area contributed by atoms with Crippen LogP contribution in [0.3, 0.4) is 0 Å². The van der Waals surface area contributed by atoms with Gasteiger partial charge in [-0.1, -0.05) is 13.8 Å². The van der Waals surface area contributed by atoms with Crippen molar-refractivity contribution < 1.29 is 14.7 Å². The quantitative estimate of drug-likeness (QED) is 0.764. The van der Waals surface area contributed by atoms with Crippen molar-refractivity contribution in [3.8, 4) is 0 Å². The molecular weight excluding hydrogens is 244 g/mol. The Bertz CT molecular complexity index is 364. The van der Waals surface area contributed by atoms with Crippen LogP contribution in [0.5, 0.6) is 0 Å². The average Bonchev–Trinajstić information content (AvgIpc) is 2.64. The van der Waals surface area contributed by atoms with Crippen LogP contribution in [-0.2, 0) is 9.59 Å². The number of carbonyl (C=O) groups excluding carboxylic acids is 2. The zero-order chi connectivity index (χ0) is 14.0. The average molecular weight is 268 g/mol. The monoisotopic (exact) mass is 268 g/mol. The van der Waals surface area contributed by atoms with Crippen molar-refractivity contribution in [2.24, 2.45) is 11.8 Å². The number of nitrogens with zero attached hydrogens (tertiary/aromatic N) is 1. The summed E-state index contributed by atoms with van der Waals surface area (Å²) in [4.78, 5) is 25.6. The Morgan fingerprint density at radius 1 is 1.53 bits per heavy atom. The summed E-state index contributed by atoms with van der Waals surface area (Å²) < 4.78 is 0. The van der Waals surface area contributed by atoms with Crippen LogP contribution in [-0.4, -0.2) is 47.1 Å². The highest BCUT2D eigenvalue weighted by Crippen LogP contribution is 2.30. The van der Waals surface area contributed by atoms with Gasteiger partial charge in [0, 0.05) is 26.1 Å². The van der Waals surface area contributed by atoms with Gasteiger partial charge in [-0.05, 0) is 25.2 Å². The molecule has 1 atom stereocenters. The molecule has 2 aliphatic rings. The topological polar surface area (TPSA) is 69.6 Å². The molecule has 108 valence electrons. The van der Waals surface area contributed by atoms with Crippen molar-refractivity contribution in [2.45, 2.75) is 45.1 Å². The molecule has 1 saturated carbocycles. The largest absolute Gasteiger partial charge is 0.388 e. The fraction of sp³-hybridized carbons (Fsp3) is 0.857. The number of rotatable bonds is 5. The molecule has 1 heterocycles. The lowest BCUT2D eigenvalue weighted by Crippen LogP contribution is -2.49. The molecule has 0 spiro atoms. The van der Waals surface area contributed by atoms with Crippen LogP contribution in [0.1, 0.15) is 39.5 Å². The Kier molecular flexibility index (Phi) is 4.13. The molecule has 19 heavy (non-hydrogen) atoms. The van der Waals surface area contributed by atoms with E-state index in [9.17, 15) is 14.7 Å². The fourth-order valence-electron chi connectivity index (χ4n) is 2.72. The number of likely N-dealkylation sites (tertiary alicyclic amines) is 1. The highest BCUT2D eigenvalue weighted by Gasteiger charge is 2.37. The zero-order valence-electron chi connectivity index (χ0n) is 11.8. The van der Waals surface area contributed by atoms with E-state index in [4.69, 9.17) is 0 Å². The Balaban J connectivity index is 1.79. The number of aliphatic hydroxyl groups is 1. The molecule has 5 nitrogen and oxygen atoms in total. The van der Waals surface area contributed by atoms with Crippen LogP contribution in [0.4, 0.5) is 0 Å². The molecule has 0 radical (unpaired) electrons. The van der Waals surface area contributed by atoms with E-state index in [2.05, 4.69) is 19.2 Å². The minimum Gasteiger partial charge on any atom is -0.388 e. The molecule has 0 aromatic heterocycles. The molecule has 2 N–H and O–H groups in total. The van der Waals surface area contributed by atoms with Gasteiger partial charge in [-0.25, -0.2) is 0 Å². The molecule has 2 rings (SSSR count). The molecule has 2 amide bonds. The summed E-state index contributed by atoms with van der Waals surface area (Å²) in [6.07, 6.45) is 2.85. The number of hydrogen-bond acceptors (Lipinski definition) is 3. The van der Waals surface area contributed by atoms with E-state index < -0.39 is 5.60 Å². The number of amides is 2. The van der Waals surface area contributed by atoms with Crippen LogP contribution in [0.2, 0.25) is 0 Å². The lowest BCUT2D eigenvalue weighted by molar-refractivity contribution is -0.129. The Morgan fingerprint density at radius 2 is 2.21 bits per heavy atom. The van der Waals surface area contributed by atoms with Gasteiger partial charge in [-0.2, -0.15) is 0 Å². The molecule has 1 aliphatic carbocycles. The maximum absolute atomic E-state index is 12.0. The first-order valence-corrected chi connectivity index (χ1v) is 7.17. The normalized spacial score (nSPS) is 25.6. The third kappa shape index (κ3) is 3.47. The minimum atomic E-state index is -0.699. The van der Waals surface area contributed by atoms with E-state index in [0.29, 0.717) is 32.0 Å². The summed E-state index contributed by atoms with van der Waals surface area (Å²) in [5, 5.41) is 12.7. The first-order valence-electron chi connectivity index (χ1n) is 7.17. The maximum atomic E-state index is 12.0. The summed E-state index contributed by atoms with van der Waals surface area (Å²) in [6.45, 7) is 5.67. The summed E-state index contributed by atoms with van der Waals surface area (Å²) in [5.41, 5.74) is -0.699. The van der Waals surface area contributed by atoms with Gasteiger partial charge in [0.2, 0.25) is 11.8 Å². The van der Waals surface area contributed by atoms with E-state index in [0.717, 1.165) is 19.3 Å². The Morgan fingerprint density at radius 3 is 2.74 bits per heavy atom. The predicted octanol–water partition coefficient (Wildman–Crippen LogP) is 0.522. The van der Waals surface area contributed by atoms with Gasteiger partial charge in [-0.15, -0.1) is 0 Å². The van der Waals surface area contributed by atoms with E-state index in [1.807, 2.05) is 0 Å². The van der Waals surface area contributed by atoms with Crippen molar-refractivity contribution in [1.82, 2.24) is 10.2 Å². The minimum absolute atomic E-state index is 0.0659. The van der Waals surface area contributed by atoms with E-state index in [1.54, 1.807) is 4.90 Å². The second-order valence-electron chi connectivity index (χ2n) is 6.39. The molecule has 5 heteroatoms. The maximum Gasteiger partial charge on any atom is 0.225 e. The lowest BCUT2D eigenvalue weighted by atomic mass is 9.80. The van der Waals surface area contributed by atoms with Crippen molar-refractivity contribution in [3.63, 3.8) is 0 Å². The standard InChI is InChI=1S/C14H24N2O3/c1-10(2)7-16-8-11(6-12(16)17)13(18)15-9-14(19)4-3-5-14/h10-11,19H,3-9H2,1-2H3,(H,15,18). The van der Waals surface area contributed by atoms with Gasteiger partial charge in [0.05, 0.1) is 11.5 Å². The zero-order valence-corrected chi connectivity index (χ0v) is 11.8. The number of carbonyl (C=O) groups is 2. The summed E-state index contributed by atoms with van der Waals surface area (Å²) >= 11 is 0. The molecule has 0 bridgehead atoms. The Labute approximate surface area is 114 Å². The first-order chi connectivity index (χ1) is 8.89. The Hall–Kier alpha value is -1.10. The van der Waals surface area contributed by atoms with Crippen LogP contribution >= 0.6 is 0 Å². The van der Waals surface area contributed by atoms with Crippen molar-refractivity contribution >= 4 is 11.8 Å². The third-order valence-electron chi connectivity index (χ3n) is 4.05. The van der Waals surface area contributed by atoms with Crippen molar-refractivity contribution in [3.05, 3.63) is 0 Å². The summed E-state index contributed by atoms with van der Waals surface area (Å²) in [6, 6.07) is 0. The lowest BCUT2D eigenvalue weighted by Gasteiger charge is -2.36. The molecule has 0 aromatic rings. The van der Waals surface area contributed by atoms with Gasteiger partial charge in [0.15, 0.2) is 0 Å². The van der Waals surface area contributed by atoms with Crippen LogP contribution in [0, 0.1) is 11.8 Å². The van der Waals surface area contributed by atoms with Crippen molar-refractivity contribution in [1.29, 1.82) is 0 Å². The second kappa shape index (κ2) is 5.49. The molecule has 1 unspecified atom stereocenters. The van der Waals surface area contributed by atoms with E-state index in [-0.39, 0.29) is 17.7 Å². The summed E-state index contributed by atoms with van der Waals surface area (Å²) in [5.74, 6) is 0.132. The SMILES string of the molecule is CC(C)CN1CC(C(=O)NCC2(O)CCC2)CC1=O. The number of hydrogen-bond donors (Lipinski definition) is 2. The molecule has 1 saturated heterocycles. The number of nitrogens with one attached hydrogen (secondary N) is 1. The third-order valence-corrected chi connectivity index (χ3v) is 4.05. The van der Waals surface area contributed by atoms with Gasteiger partial charge >= 0.3 is 0 Å². The molecular formula is C14H24N2O3. The highest BCUT2D eigenvalue weighted by molar-refractivity contribution is 5.89. The summed E-state index contributed by atoms with van der Waals surface area (Å²) in [7, 11) is 0. The fourth-order valence-corrected chi connectivity index (χ4v) is 2.72. The van der Waals surface area contributed by atoms with Gasteiger partial charge in [0.25, 0.3) is 0 Å². The smallest absolute Gasteiger partial charge is 0.225 e. The highest BCUT2D eigenvalue weighted by atomic mass is 16.3. The predicted molar refractivity (Wildman–Crippen MR) is 71.3 cm³/mol. The van der Waals surface area contributed by atoms with Crippen LogP contribution < -0.4 is 5.32 Å². The second-order valence-corrected chi connectivity index (χ2v) is 6.39. The van der Waals surface area contributed by atoms with Crippen molar-refractivity contribution in [2.75, 3.05) is 19.6 Å². The molecule has 1 aliphatic heterocycles. The molecule has 0 aromatic carbocycles. The van der Waals surface area contributed by atoms with Crippen LogP contribution in [0.15, 0.2) is 0 Å². The van der Waals surface area contributed by atoms with Gasteiger partial charge in [0.1, 0.15) is 0 Å². The van der Waals surface area contributed by atoms with Crippen LogP contribution in [0.25, 0.3) is 0 Å².